The van der Waals surface area contributed by atoms with Crippen molar-refractivity contribution < 1.29 is 41.9 Å². The maximum Gasteiger partial charge on any atom is 0.694 e. The summed E-state index contributed by atoms with van der Waals surface area (Å²) >= 11 is 0. The van der Waals surface area contributed by atoms with Crippen molar-refractivity contribution in [3.05, 3.63) is 0 Å². The lowest BCUT2D eigenvalue weighted by Gasteiger charge is -1.55. The van der Waals surface area contributed by atoms with E-state index in [9.17, 15) is 13.7 Å². The molecule has 0 spiro atoms. The Morgan fingerprint density at radius 3 is 0.750 bits per heavy atom. The van der Waals surface area contributed by atoms with Gasteiger partial charge in [0, 0.05) is 13.7 Å². The van der Waals surface area contributed by atoms with Crippen molar-refractivity contribution in [3.63, 3.8) is 0 Å². The van der Waals surface area contributed by atoms with Crippen LogP contribution in [0.2, 0.25) is 0 Å². The van der Waals surface area contributed by atoms with Gasteiger partial charge in [0.1, 0.15) is 0 Å². The van der Waals surface area contributed by atoms with Crippen molar-refractivity contribution in [2.24, 2.45) is 0 Å². The van der Waals surface area contributed by atoms with Gasteiger partial charge in [0.25, 0.3) is 0 Å². The van der Waals surface area contributed by atoms with E-state index < -0.39 is 24.8 Å². The van der Waals surface area contributed by atoms with Gasteiger partial charge >= 0.3 is 24.8 Å². The molecule has 0 aromatic carbocycles. The molecule has 0 radical (unpaired) electrons. The molecule has 3 N–H and O–H groups in total. The topological polar surface area (TPSA) is 140 Å². The van der Waals surface area contributed by atoms with Crippen LogP contribution in [0.5, 0.6) is 0 Å². The average molecular weight is 319 g/mol. The minimum atomic E-state index is -2.35. The summed E-state index contributed by atoms with van der Waals surface area (Å²) in [5, 5.41) is 0. The standard InChI is InChI=1S/3CH3O3P.H3P/c3*1-4-5(2)3;/h3*1H3;1H3/p+3. The Labute approximate surface area is 98.6 Å². The van der Waals surface area contributed by atoms with E-state index in [1.807, 2.05) is 0 Å². The summed E-state index contributed by atoms with van der Waals surface area (Å²) in [6, 6.07) is 0. The highest BCUT2D eigenvalue weighted by molar-refractivity contribution is 7.32. The van der Waals surface area contributed by atoms with Gasteiger partial charge < -0.3 is 0 Å². The maximum atomic E-state index is 9.29. The molecule has 0 aliphatic heterocycles. The smallest absolute Gasteiger partial charge is 0.153 e. The minimum absolute atomic E-state index is 0. The van der Waals surface area contributed by atoms with E-state index in [1.54, 1.807) is 0 Å². The van der Waals surface area contributed by atoms with Crippen LogP contribution in [-0.4, -0.2) is 36.0 Å². The van der Waals surface area contributed by atoms with Crippen LogP contribution in [0, 0.1) is 0 Å². The van der Waals surface area contributed by atoms with Gasteiger partial charge in [-0.15, -0.1) is 28.3 Å². The van der Waals surface area contributed by atoms with Gasteiger partial charge in [-0.3, -0.25) is 0 Å². The molecule has 13 heteroatoms. The lowest BCUT2D eigenvalue weighted by atomic mass is 11.8. The molecule has 0 aliphatic carbocycles. The predicted octanol–water partition coefficient (Wildman–Crippen LogP) is 0.906. The van der Waals surface area contributed by atoms with Gasteiger partial charge in [0.15, 0.2) is 0 Å². The fraction of sp³-hybridized carbons (Fsp3) is 1.00. The Bertz CT molecular complexity index is 162. The molecule has 0 heterocycles. The van der Waals surface area contributed by atoms with Crippen LogP contribution >= 0.6 is 34.7 Å². The molecule has 16 heavy (non-hydrogen) atoms. The van der Waals surface area contributed by atoms with Gasteiger partial charge in [-0.2, -0.15) is 9.90 Å². The predicted molar refractivity (Wildman–Crippen MR) is 61.6 cm³/mol. The fourth-order valence-electron chi connectivity index (χ4n) is 0. The monoisotopic (exact) mass is 319 g/mol. The lowest BCUT2D eigenvalue weighted by Crippen LogP contribution is -1.57. The molecule has 9 nitrogen and oxygen atoms in total. The zero-order valence-electron chi connectivity index (χ0n) is 8.84. The molecule has 0 bridgehead atoms. The minimum Gasteiger partial charge on any atom is -0.153 e. The SMILES string of the molecule is CO[P+](=O)O.CO[P+](=O)O.CO[P+](=O)O.P. The zero-order valence-corrected chi connectivity index (χ0v) is 12.9. The molecule has 0 aliphatic rings. The van der Waals surface area contributed by atoms with Crippen molar-refractivity contribution in [3.8, 4) is 0 Å². The van der Waals surface area contributed by atoms with E-state index >= 15 is 0 Å². The van der Waals surface area contributed by atoms with E-state index in [4.69, 9.17) is 14.7 Å². The van der Waals surface area contributed by atoms with E-state index in [-0.39, 0.29) is 9.90 Å². The van der Waals surface area contributed by atoms with Gasteiger partial charge in [0.05, 0.1) is 21.3 Å². The maximum absolute atomic E-state index is 9.29. The Morgan fingerprint density at radius 1 is 0.688 bits per heavy atom. The van der Waals surface area contributed by atoms with Crippen molar-refractivity contribution in [1.82, 2.24) is 0 Å². The molecule has 4 unspecified atom stereocenters. The van der Waals surface area contributed by atoms with Gasteiger partial charge in [-0.25, -0.2) is 0 Å². The second-order valence-corrected chi connectivity index (χ2v) is 3.78. The molecule has 0 rings (SSSR count). The first kappa shape index (κ1) is 25.4. The highest BCUT2D eigenvalue weighted by Gasteiger charge is 2.03. The zero-order chi connectivity index (χ0) is 12.9. The van der Waals surface area contributed by atoms with Crippen molar-refractivity contribution >= 4 is 34.7 Å². The summed E-state index contributed by atoms with van der Waals surface area (Å²) in [7, 11) is -3.55. The van der Waals surface area contributed by atoms with E-state index in [1.165, 1.54) is 21.3 Å². The van der Waals surface area contributed by atoms with Crippen LogP contribution in [0.4, 0.5) is 0 Å². The molecular weight excluding hydrogens is 304 g/mol. The molecule has 0 aromatic rings. The second-order valence-electron chi connectivity index (χ2n) is 1.26. The Balaban J connectivity index is -0.0000000655. The second kappa shape index (κ2) is 20.8. The summed E-state index contributed by atoms with van der Waals surface area (Å²) < 4.78 is 39.3. The normalized spacial score (nSPS) is 10.5. The van der Waals surface area contributed by atoms with Gasteiger partial charge in [-0.1, -0.05) is 0 Å². The van der Waals surface area contributed by atoms with Crippen molar-refractivity contribution in [1.29, 1.82) is 0 Å². The van der Waals surface area contributed by atoms with Gasteiger partial charge in [-0.05, 0) is 0 Å². The first-order valence-electron chi connectivity index (χ1n) is 2.92. The highest BCUT2D eigenvalue weighted by Crippen LogP contribution is 2.10. The summed E-state index contributed by atoms with van der Waals surface area (Å²) in [6.07, 6.45) is 0. The number of hydrogen-bond donors (Lipinski definition) is 3. The largest absolute Gasteiger partial charge is 0.694 e. The third kappa shape index (κ3) is 62.6. The Hall–Kier alpha value is 0.490. The first-order valence-corrected chi connectivity index (χ1v) is 6.31. The molecule has 4 atom stereocenters. The quantitative estimate of drug-likeness (QED) is 0.647. The summed E-state index contributed by atoms with van der Waals surface area (Å²) in [4.78, 5) is 22.9. The van der Waals surface area contributed by atoms with Crippen LogP contribution in [0.15, 0.2) is 0 Å². The summed E-state index contributed by atoms with van der Waals surface area (Å²) in [5.74, 6) is 0. The van der Waals surface area contributed by atoms with Crippen molar-refractivity contribution in [2.45, 2.75) is 0 Å². The third-order valence-electron chi connectivity index (χ3n) is 0.469. The first-order chi connectivity index (χ1) is 6.81. The molecule has 0 fully saturated rings. The molecule has 0 saturated heterocycles. The Kier molecular flexibility index (Phi) is 33.0. The number of hydrogen-bond acceptors (Lipinski definition) is 6. The van der Waals surface area contributed by atoms with Gasteiger partial charge in [0.2, 0.25) is 0 Å². The summed E-state index contributed by atoms with van der Waals surface area (Å²) in [5.41, 5.74) is 0. The lowest BCUT2D eigenvalue weighted by molar-refractivity contribution is 0.342. The van der Waals surface area contributed by atoms with Crippen LogP contribution in [0.1, 0.15) is 0 Å². The van der Waals surface area contributed by atoms with Crippen LogP contribution in [-0.2, 0) is 27.3 Å². The van der Waals surface area contributed by atoms with E-state index in [0.29, 0.717) is 0 Å². The van der Waals surface area contributed by atoms with Crippen LogP contribution < -0.4 is 0 Å². The average Bonchev–Trinajstić information content (AvgIpc) is 2.19. The van der Waals surface area contributed by atoms with Crippen LogP contribution in [0.3, 0.4) is 0 Å². The molecule has 98 valence electrons. The molecule has 0 aromatic heterocycles. The summed E-state index contributed by atoms with van der Waals surface area (Å²) in [6.45, 7) is 0. The molecule has 0 saturated carbocycles. The fourth-order valence-corrected chi connectivity index (χ4v) is 0. The van der Waals surface area contributed by atoms with Crippen molar-refractivity contribution in [2.75, 3.05) is 21.3 Å². The van der Waals surface area contributed by atoms with E-state index in [2.05, 4.69) is 13.6 Å². The number of rotatable bonds is 3. The molecule has 0 amide bonds. The highest BCUT2D eigenvalue weighted by atomic mass is 31.1. The van der Waals surface area contributed by atoms with Crippen LogP contribution in [0.25, 0.3) is 0 Å². The molecular formula is C3H15O9P4+3. The Morgan fingerprint density at radius 2 is 0.750 bits per heavy atom. The third-order valence-corrected chi connectivity index (χ3v) is 1.41. The van der Waals surface area contributed by atoms with E-state index in [0.717, 1.165) is 0 Å².